The molecule has 3 aromatic rings. The van der Waals surface area contributed by atoms with E-state index in [9.17, 15) is 18.0 Å². The first-order valence-corrected chi connectivity index (χ1v) is 11.4. The van der Waals surface area contributed by atoms with E-state index in [1.165, 1.54) is 13.0 Å². The van der Waals surface area contributed by atoms with Gasteiger partial charge in [0.25, 0.3) is 15.9 Å². The van der Waals surface area contributed by atoms with E-state index in [1.54, 1.807) is 55.5 Å². The molecule has 0 aromatic heterocycles. The number of amides is 2. The van der Waals surface area contributed by atoms with Crippen molar-refractivity contribution in [3.8, 4) is 0 Å². The Kier molecular flexibility index (Phi) is 6.64. The quantitative estimate of drug-likeness (QED) is 0.508. The number of hydrogen-bond acceptors (Lipinski definition) is 4. The molecule has 0 aliphatic carbocycles. The van der Waals surface area contributed by atoms with Gasteiger partial charge in [0.05, 0.1) is 4.90 Å². The van der Waals surface area contributed by atoms with Crippen molar-refractivity contribution in [2.24, 2.45) is 0 Å². The van der Waals surface area contributed by atoms with Crippen molar-refractivity contribution in [2.45, 2.75) is 32.6 Å². The summed E-state index contributed by atoms with van der Waals surface area (Å²) in [7, 11) is -3.90. The first kappa shape index (κ1) is 23.0. The summed E-state index contributed by atoms with van der Waals surface area (Å²) >= 11 is 0. The molecule has 3 rings (SSSR count). The van der Waals surface area contributed by atoms with Crippen LogP contribution in [0.2, 0.25) is 0 Å². The molecule has 0 saturated carbocycles. The van der Waals surface area contributed by atoms with Crippen molar-refractivity contribution in [3.63, 3.8) is 0 Å². The van der Waals surface area contributed by atoms with Gasteiger partial charge in [-0.3, -0.25) is 14.3 Å². The van der Waals surface area contributed by atoms with Crippen molar-refractivity contribution in [1.29, 1.82) is 0 Å². The van der Waals surface area contributed by atoms with Gasteiger partial charge in [-0.25, -0.2) is 8.42 Å². The molecule has 3 aromatic carbocycles. The zero-order valence-corrected chi connectivity index (χ0v) is 19.1. The van der Waals surface area contributed by atoms with Gasteiger partial charge in [0.15, 0.2) is 0 Å². The molecule has 0 atom stereocenters. The minimum absolute atomic E-state index is 0.0244. The summed E-state index contributed by atoms with van der Waals surface area (Å²) in [5, 5.41) is 5.38. The van der Waals surface area contributed by atoms with Crippen LogP contribution in [0.25, 0.3) is 0 Å². The van der Waals surface area contributed by atoms with Crippen LogP contribution in [0.15, 0.2) is 65.6 Å². The molecule has 7 nitrogen and oxygen atoms in total. The molecule has 3 N–H and O–H groups in total. The Hall–Kier alpha value is -3.65. The van der Waals surface area contributed by atoms with Crippen molar-refractivity contribution < 1.29 is 18.0 Å². The van der Waals surface area contributed by atoms with E-state index in [1.807, 2.05) is 19.9 Å². The van der Waals surface area contributed by atoms with Gasteiger partial charge >= 0.3 is 0 Å². The Labute approximate surface area is 187 Å². The summed E-state index contributed by atoms with van der Waals surface area (Å²) in [5.41, 5.74) is 4.07. The maximum absolute atomic E-state index is 13.0. The maximum Gasteiger partial charge on any atom is 0.262 e. The zero-order chi connectivity index (χ0) is 23.5. The second-order valence-corrected chi connectivity index (χ2v) is 9.33. The van der Waals surface area contributed by atoms with Gasteiger partial charge in [-0.2, -0.15) is 0 Å². The van der Waals surface area contributed by atoms with E-state index in [4.69, 9.17) is 0 Å². The number of carbonyl (C=O) groups is 2. The molecule has 0 saturated heterocycles. The molecule has 0 bridgehead atoms. The van der Waals surface area contributed by atoms with Crippen LogP contribution in [-0.2, 0) is 14.8 Å². The van der Waals surface area contributed by atoms with Gasteiger partial charge in [-0.05, 0) is 79.9 Å². The fourth-order valence-corrected chi connectivity index (χ4v) is 4.67. The van der Waals surface area contributed by atoms with Gasteiger partial charge < -0.3 is 10.6 Å². The minimum atomic E-state index is -3.90. The summed E-state index contributed by atoms with van der Waals surface area (Å²) < 4.78 is 28.7. The molecular formula is C24H25N3O4S. The van der Waals surface area contributed by atoms with Crippen LogP contribution >= 0.6 is 0 Å². The number of aryl methyl sites for hydroxylation is 3. The van der Waals surface area contributed by atoms with Crippen LogP contribution in [0.1, 0.15) is 34.0 Å². The predicted molar refractivity (Wildman–Crippen MR) is 127 cm³/mol. The summed E-state index contributed by atoms with van der Waals surface area (Å²) in [6.45, 7) is 6.85. The summed E-state index contributed by atoms with van der Waals surface area (Å²) in [6, 6.07) is 16.7. The Balaban J connectivity index is 1.86. The van der Waals surface area contributed by atoms with E-state index < -0.39 is 15.9 Å². The third-order valence-corrected chi connectivity index (χ3v) is 6.18. The molecule has 0 unspecified atom stereocenters. The number of nitrogens with one attached hydrogen (secondary N) is 3. The van der Waals surface area contributed by atoms with E-state index in [0.717, 1.165) is 11.1 Å². The van der Waals surface area contributed by atoms with Crippen LogP contribution in [0.5, 0.6) is 0 Å². The summed E-state index contributed by atoms with van der Waals surface area (Å²) in [4.78, 5) is 24.0. The summed E-state index contributed by atoms with van der Waals surface area (Å²) in [6.07, 6.45) is 0. The minimum Gasteiger partial charge on any atom is -0.326 e. The lowest BCUT2D eigenvalue weighted by molar-refractivity contribution is -0.114. The molecule has 0 aliphatic rings. The lowest BCUT2D eigenvalue weighted by Crippen LogP contribution is -2.17. The topological polar surface area (TPSA) is 104 Å². The van der Waals surface area contributed by atoms with Crippen LogP contribution in [0.4, 0.5) is 17.1 Å². The van der Waals surface area contributed by atoms with Crippen LogP contribution in [-0.4, -0.2) is 20.2 Å². The van der Waals surface area contributed by atoms with Gasteiger partial charge in [-0.1, -0.05) is 18.2 Å². The predicted octanol–water partition coefficient (Wildman–Crippen LogP) is 4.62. The Morgan fingerprint density at radius 3 is 2.00 bits per heavy atom. The first-order valence-electron chi connectivity index (χ1n) is 9.94. The van der Waals surface area contributed by atoms with E-state index in [2.05, 4.69) is 15.4 Å². The first-order chi connectivity index (χ1) is 15.0. The molecule has 0 heterocycles. The second-order valence-electron chi connectivity index (χ2n) is 7.68. The van der Waals surface area contributed by atoms with E-state index >= 15 is 0 Å². The average Bonchev–Trinajstić information content (AvgIpc) is 2.66. The van der Waals surface area contributed by atoms with Gasteiger partial charge in [0, 0.05) is 29.5 Å². The van der Waals surface area contributed by atoms with Crippen molar-refractivity contribution >= 4 is 38.9 Å². The smallest absolute Gasteiger partial charge is 0.262 e. The lowest BCUT2D eigenvalue weighted by Gasteiger charge is -2.13. The molecule has 166 valence electrons. The highest BCUT2D eigenvalue weighted by Crippen LogP contribution is 2.23. The molecule has 8 heteroatoms. The number of rotatable bonds is 6. The fraction of sp³-hybridized carbons (Fsp3) is 0.167. The highest BCUT2D eigenvalue weighted by Gasteiger charge is 2.20. The SMILES string of the molecule is CC(=O)Nc1cccc(NC(=O)c2ccc(C)c(S(=O)(=O)Nc3cc(C)cc(C)c3)c2)c1. The van der Waals surface area contributed by atoms with Crippen molar-refractivity contribution in [3.05, 3.63) is 82.9 Å². The zero-order valence-electron chi connectivity index (χ0n) is 18.3. The van der Waals surface area contributed by atoms with Gasteiger partial charge in [0.1, 0.15) is 0 Å². The number of anilines is 3. The Morgan fingerprint density at radius 2 is 1.38 bits per heavy atom. The highest BCUT2D eigenvalue weighted by molar-refractivity contribution is 7.92. The monoisotopic (exact) mass is 451 g/mol. The largest absolute Gasteiger partial charge is 0.326 e. The van der Waals surface area contributed by atoms with Gasteiger partial charge in [0.2, 0.25) is 5.91 Å². The molecule has 0 spiro atoms. The number of hydrogen-bond donors (Lipinski definition) is 3. The molecule has 0 fully saturated rings. The van der Waals surface area contributed by atoms with Crippen LogP contribution in [0, 0.1) is 20.8 Å². The standard InChI is InChI=1S/C24H25N3O4S/c1-15-10-16(2)12-22(11-15)27-32(30,31)23-13-19(9-8-17(23)3)24(29)26-21-7-5-6-20(14-21)25-18(4)28/h5-14,27H,1-4H3,(H,25,28)(H,26,29). The Bertz CT molecular complexity index is 1280. The number of benzene rings is 3. The average molecular weight is 452 g/mol. The second kappa shape index (κ2) is 9.23. The maximum atomic E-state index is 13.0. The number of sulfonamides is 1. The van der Waals surface area contributed by atoms with Crippen LogP contribution in [0.3, 0.4) is 0 Å². The molecule has 2 amide bonds. The number of carbonyl (C=O) groups excluding carboxylic acids is 2. The normalized spacial score (nSPS) is 11.0. The molecule has 0 aliphatic heterocycles. The fourth-order valence-electron chi connectivity index (χ4n) is 3.36. The molecular weight excluding hydrogens is 426 g/mol. The molecule has 0 radical (unpaired) electrons. The molecule has 32 heavy (non-hydrogen) atoms. The van der Waals surface area contributed by atoms with Crippen molar-refractivity contribution in [2.75, 3.05) is 15.4 Å². The van der Waals surface area contributed by atoms with Crippen molar-refractivity contribution in [1.82, 2.24) is 0 Å². The Morgan fingerprint density at radius 1 is 0.750 bits per heavy atom. The van der Waals surface area contributed by atoms with E-state index in [0.29, 0.717) is 22.6 Å². The third-order valence-electron chi connectivity index (χ3n) is 4.65. The highest BCUT2D eigenvalue weighted by atomic mass is 32.2. The summed E-state index contributed by atoms with van der Waals surface area (Å²) in [5.74, 6) is -0.689. The van der Waals surface area contributed by atoms with Gasteiger partial charge in [-0.15, -0.1) is 0 Å². The van der Waals surface area contributed by atoms with E-state index in [-0.39, 0.29) is 16.4 Å². The van der Waals surface area contributed by atoms with Crippen LogP contribution < -0.4 is 15.4 Å². The third kappa shape index (κ3) is 5.73. The lowest BCUT2D eigenvalue weighted by atomic mass is 10.1.